The standard InChI is InChI=1S/C14H19BrClN/c1-10(2)11-6-7-17(9-11)14-5-3-4-13(16)12(14)8-15/h3-5,10-11H,6-9H2,1-2H3. The van der Waals surface area contributed by atoms with Gasteiger partial charge >= 0.3 is 0 Å². The Kier molecular flexibility index (Phi) is 4.37. The van der Waals surface area contributed by atoms with Crippen molar-refractivity contribution in [3.05, 3.63) is 28.8 Å². The number of alkyl halides is 1. The average Bonchev–Trinajstić information content (AvgIpc) is 2.77. The molecule has 1 nitrogen and oxygen atoms in total. The number of halogens is 2. The summed E-state index contributed by atoms with van der Waals surface area (Å²) in [6.07, 6.45) is 1.30. The van der Waals surface area contributed by atoms with Crippen molar-refractivity contribution >= 4 is 33.2 Å². The molecule has 0 radical (unpaired) electrons. The van der Waals surface area contributed by atoms with Crippen LogP contribution in [-0.2, 0) is 5.33 Å². The van der Waals surface area contributed by atoms with Gasteiger partial charge < -0.3 is 4.90 Å². The number of hydrogen-bond donors (Lipinski definition) is 0. The Labute approximate surface area is 117 Å². The Balaban J connectivity index is 2.21. The topological polar surface area (TPSA) is 3.24 Å². The highest BCUT2D eigenvalue weighted by Gasteiger charge is 2.26. The fourth-order valence-electron chi connectivity index (χ4n) is 2.53. The Morgan fingerprint density at radius 1 is 1.47 bits per heavy atom. The summed E-state index contributed by atoms with van der Waals surface area (Å²) in [6, 6.07) is 6.20. The van der Waals surface area contributed by atoms with Gasteiger partial charge in [-0.1, -0.05) is 47.4 Å². The maximum atomic E-state index is 6.25. The van der Waals surface area contributed by atoms with Crippen LogP contribution >= 0.6 is 27.5 Å². The van der Waals surface area contributed by atoms with Gasteiger partial charge in [-0.25, -0.2) is 0 Å². The molecule has 1 fully saturated rings. The third kappa shape index (κ3) is 2.79. The van der Waals surface area contributed by atoms with Gasteiger partial charge in [0.25, 0.3) is 0 Å². The Hall–Kier alpha value is -0.210. The van der Waals surface area contributed by atoms with Crippen LogP contribution in [-0.4, -0.2) is 13.1 Å². The van der Waals surface area contributed by atoms with E-state index in [0.717, 1.165) is 35.3 Å². The molecule has 0 spiro atoms. The van der Waals surface area contributed by atoms with E-state index in [1.165, 1.54) is 17.7 Å². The van der Waals surface area contributed by atoms with Crippen LogP contribution in [0.1, 0.15) is 25.8 Å². The van der Waals surface area contributed by atoms with Gasteiger partial charge in [-0.2, -0.15) is 0 Å². The van der Waals surface area contributed by atoms with E-state index >= 15 is 0 Å². The summed E-state index contributed by atoms with van der Waals surface area (Å²) in [4.78, 5) is 2.48. The molecule has 0 aromatic heterocycles. The lowest BCUT2D eigenvalue weighted by Crippen LogP contribution is -2.22. The van der Waals surface area contributed by atoms with Crippen molar-refractivity contribution in [2.75, 3.05) is 18.0 Å². The van der Waals surface area contributed by atoms with Crippen LogP contribution in [0.5, 0.6) is 0 Å². The lowest BCUT2D eigenvalue weighted by atomic mass is 9.95. The van der Waals surface area contributed by atoms with E-state index in [9.17, 15) is 0 Å². The highest BCUT2D eigenvalue weighted by atomic mass is 79.9. The lowest BCUT2D eigenvalue weighted by Gasteiger charge is -2.23. The second-order valence-corrected chi connectivity index (χ2v) is 6.08. The van der Waals surface area contributed by atoms with Gasteiger partial charge in [0.1, 0.15) is 0 Å². The third-order valence-electron chi connectivity index (χ3n) is 3.74. The van der Waals surface area contributed by atoms with Crippen molar-refractivity contribution < 1.29 is 0 Å². The van der Waals surface area contributed by atoms with Gasteiger partial charge in [0.2, 0.25) is 0 Å². The zero-order chi connectivity index (χ0) is 12.4. The van der Waals surface area contributed by atoms with Crippen LogP contribution in [0.15, 0.2) is 18.2 Å². The van der Waals surface area contributed by atoms with Crippen molar-refractivity contribution in [3.63, 3.8) is 0 Å². The minimum absolute atomic E-state index is 0.770. The maximum Gasteiger partial charge on any atom is 0.0467 e. The fourth-order valence-corrected chi connectivity index (χ4v) is 3.51. The summed E-state index contributed by atoms with van der Waals surface area (Å²) < 4.78 is 0. The first-order valence-electron chi connectivity index (χ1n) is 6.21. The molecule has 0 N–H and O–H groups in total. The van der Waals surface area contributed by atoms with E-state index in [2.05, 4.69) is 40.7 Å². The predicted octanol–water partition coefficient (Wildman–Crippen LogP) is 4.72. The summed E-state index contributed by atoms with van der Waals surface area (Å²) in [5, 5.41) is 1.69. The molecule has 1 aromatic carbocycles. The molecule has 0 amide bonds. The van der Waals surface area contributed by atoms with Crippen molar-refractivity contribution in [1.29, 1.82) is 0 Å². The van der Waals surface area contributed by atoms with Crippen LogP contribution in [0.2, 0.25) is 5.02 Å². The zero-order valence-corrected chi connectivity index (χ0v) is 12.8. The molecule has 1 atom stereocenters. The van der Waals surface area contributed by atoms with Crippen LogP contribution < -0.4 is 4.90 Å². The number of anilines is 1. The average molecular weight is 317 g/mol. The first-order chi connectivity index (χ1) is 8.13. The molecule has 1 aliphatic heterocycles. The normalized spacial score (nSPS) is 20.3. The van der Waals surface area contributed by atoms with Crippen LogP contribution in [0.3, 0.4) is 0 Å². The van der Waals surface area contributed by atoms with Crippen LogP contribution in [0, 0.1) is 11.8 Å². The van der Waals surface area contributed by atoms with E-state index in [0.29, 0.717) is 0 Å². The molecular formula is C14H19BrClN. The number of rotatable bonds is 3. The Bertz CT molecular complexity index is 392. The van der Waals surface area contributed by atoms with Crippen molar-refractivity contribution in [2.24, 2.45) is 11.8 Å². The number of benzene rings is 1. The molecule has 0 bridgehead atoms. The van der Waals surface area contributed by atoms with Gasteiger partial charge in [0.05, 0.1) is 0 Å². The minimum Gasteiger partial charge on any atom is -0.371 e. The summed E-state index contributed by atoms with van der Waals surface area (Å²) in [5.74, 6) is 1.59. The van der Waals surface area contributed by atoms with Crippen molar-refractivity contribution in [2.45, 2.75) is 25.6 Å². The Morgan fingerprint density at radius 3 is 2.82 bits per heavy atom. The molecule has 0 saturated carbocycles. The Morgan fingerprint density at radius 2 is 2.24 bits per heavy atom. The second-order valence-electron chi connectivity index (χ2n) is 5.11. The van der Waals surface area contributed by atoms with Gasteiger partial charge in [0, 0.05) is 34.7 Å². The SMILES string of the molecule is CC(C)C1CCN(c2cccc(Cl)c2CBr)C1. The first-order valence-corrected chi connectivity index (χ1v) is 7.71. The molecule has 2 rings (SSSR count). The third-order valence-corrected chi connectivity index (χ3v) is 4.65. The minimum atomic E-state index is 0.770. The summed E-state index contributed by atoms with van der Waals surface area (Å²) in [7, 11) is 0. The predicted molar refractivity (Wildman–Crippen MR) is 79.2 cm³/mol. The van der Waals surface area contributed by atoms with E-state index in [1.807, 2.05) is 12.1 Å². The molecule has 0 aliphatic carbocycles. The lowest BCUT2D eigenvalue weighted by molar-refractivity contribution is 0.422. The van der Waals surface area contributed by atoms with Gasteiger partial charge in [-0.3, -0.25) is 0 Å². The molecule has 3 heteroatoms. The smallest absolute Gasteiger partial charge is 0.0467 e. The summed E-state index contributed by atoms with van der Waals surface area (Å²) >= 11 is 9.79. The largest absolute Gasteiger partial charge is 0.371 e. The number of nitrogens with zero attached hydrogens (tertiary/aromatic N) is 1. The number of hydrogen-bond acceptors (Lipinski definition) is 1. The highest BCUT2D eigenvalue weighted by molar-refractivity contribution is 9.08. The van der Waals surface area contributed by atoms with E-state index in [1.54, 1.807) is 0 Å². The quantitative estimate of drug-likeness (QED) is 0.730. The molecule has 1 aromatic rings. The van der Waals surface area contributed by atoms with Crippen molar-refractivity contribution in [1.82, 2.24) is 0 Å². The van der Waals surface area contributed by atoms with Crippen LogP contribution in [0.25, 0.3) is 0 Å². The summed E-state index contributed by atoms with van der Waals surface area (Å²) in [6.45, 7) is 6.95. The summed E-state index contributed by atoms with van der Waals surface area (Å²) in [5.41, 5.74) is 2.52. The van der Waals surface area contributed by atoms with Gasteiger partial charge in [-0.15, -0.1) is 0 Å². The maximum absolute atomic E-state index is 6.25. The molecule has 1 unspecified atom stereocenters. The second kappa shape index (κ2) is 5.62. The molecular weight excluding hydrogens is 298 g/mol. The van der Waals surface area contributed by atoms with Crippen LogP contribution in [0.4, 0.5) is 5.69 Å². The monoisotopic (exact) mass is 315 g/mol. The van der Waals surface area contributed by atoms with E-state index in [-0.39, 0.29) is 0 Å². The van der Waals surface area contributed by atoms with Gasteiger partial charge in [0.15, 0.2) is 0 Å². The van der Waals surface area contributed by atoms with E-state index < -0.39 is 0 Å². The fraction of sp³-hybridized carbons (Fsp3) is 0.571. The molecule has 17 heavy (non-hydrogen) atoms. The van der Waals surface area contributed by atoms with Crippen molar-refractivity contribution in [3.8, 4) is 0 Å². The van der Waals surface area contributed by atoms with E-state index in [4.69, 9.17) is 11.6 Å². The first kappa shape index (κ1) is 13.2. The highest BCUT2D eigenvalue weighted by Crippen LogP contribution is 2.34. The molecule has 1 aliphatic rings. The zero-order valence-electron chi connectivity index (χ0n) is 10.4. The van der Waals surface area contributed by atoms with Gasteiger partial charge in [-0.05, 0) is 30.4 Å². The molecule has 94 valence electrons. The molecule has 1 heterocycles. The molecule has 1 saturated heterocycles.